The standard InChI is InChI=1S/C10H18N2O3/c11-5-7-1-2-8(15-7)9(14)12-10(6-13)3-4-10/h7-8,13H,1-6,11H2,(H,12,14). The Balaban J connectivity index is 1.82. The van der Waals surface area contributed by atoms with E-state index < -0.39 is 0 Å². The fourth-order valence-electron chi connectivity index (χ4n) is 1.89. The minimum atomic E-state index is -0.373. The van der Waals surface area contributed by atoms with Gasteiger partial charge in [-0.25, -0.2) is 0 Å². The highest BCUT2D eigenvalue weighted by Gasteiger charge is 2.45. The van der Waals surface area contributed by atoms with Gasteiger partial charge in [-0.2, -0.15) is 0 Å². The first-order valence-electron chi connectivity index (χ1n) is 5.47. The number of nitrogens with two attached hydrogens (primary N) is 1. The molecule has 5 nitrogen and oxygen atoms in total. The molecule has 5 heteroatoms. The van der Waals surface area contributed by atoms with Crippen molar-refractivity contribution >= 4 is 5.91 Å². The highest BCUT2D eigenvalue weighted by atomic mass is 16.5. The second-order valence-corrected chi connectivity index (χ2v) is 4.49. The lowest BCUT2D eigenvalue weighted by atomic mass is 10.1. The van der Waals surface area contributed by atoms with E-state index in [4.69, 9.17) is 15.6 Å². The number of hydrogen-bond acceptors (Lipinski definition) is 4. The Bertz CT molecular complexity index is 253. The van der Waals surface area contributed by atoms with Crippen LogP contribution < -0.4 is 11.1 Å². The number of rotatable bonds is 4. The molecule has 0 radical (unpaired) electrons. The van der Waals surface area contributed by atoms with Gasteiger partial charge in [-0.1, -0.05) is 0 Å². The number of carbonyl (C=O) groups is 1. The van der Waals surface area contributed by atoms with Crippen LogP contribution in [0.4, 0.5) is 0 Å². The molecule has 1 saturated carbocycles. The van der Waals surface area contributed by atoms with Gasteiger partial charge >= 0.3 is 0 Å². The molecule has 0 spiro atoms. The number of aliphatic hydroxyl groups is 1. The summed E-state index contributed by atoms with van der Waals surface area (Å²) in [5.74, 6) is -0.0995. The lowest BCUT2D eigenvalue weighted by Gasteiger charge is -2.18. The summed E-state index contributed by atoms with van der Waals surface area (Å²) < 4.78 is 5.47. The van der Waals surface area contributed by atoms with E-state index in [1.165, 1.54) is 0 Å². The van der Waals surface area contributed by atoms with Crippen molar-refractivity contribution in [2.45, 2.75) is 43.4 Å². The molecular weight excluding hydrogens is 196 g/mol. The first-order chi connectivity index (χ1) is 7.19. The number of carbonyl (C=O) groups excluding carboxylic acids is 1. The average Bonchev–Trinajstić information content (AvgIpc) is 2.85. The lowest BCUT2D eigenvalue weighted by Crippen LogP contribution is -2.45. The molecule has 2 rings (SSSR count). The van der Waals surface area contributed by atoms with E-state index in [9.17, 15) is 4.79 Å². The Morgan fingerprint density at radius 1 is 1.53 bits per heavy atom. The Morgan fingerprint density at radius 2 is 2.27 bits per heavy atom. The molecule has 1 amide bonds. The third-order valence-corrected chi connectivity index (χ3v) is 3.21. The molecule has 2 unspecified atom stereocenters. The van der Waals surface area contributed by atoms with Gasteiger partial charge in [0.1, 0.15) is 6.10 Å². The van der Waals surface area contributed by atoms with Crippen molar-refractivity contribution in [1.29, 1.82) is 0 Å². The van der Waals surface area contributed by atoms with Crippen molar-refractivity contribution in [2.75, 3.05) is 13.2 Å². The van der Waals surface area contributed by atoms with Crippen molar-refractivity contribution in [2.24, 2.45) is 5.73 Å². The van der Waals surface area contributed by atoms with E-state index in [-0.39, 0.29) is 30.3 Å². The number of nitrogens with one attached hydrogen (secondary N) is 1. The predicted molar refractivity (Wildman–Crippen MR) is 54.1 cm³/mol. The molecule has 0 aromatic heterocycles. The van der Waals surface area contributed by atoms with Crippen LogP contribution in [0.15, 0.2) is 0 Å². The van der Waals surface area contributed by atoms with Crippen LogP contribution in [0.25, 0.3) is 0 Å². The largest absolute Gasteiger partial charge is 0.394 e. The van der Waals surface area contributed by atoms with E-state index in [1.807, 2.05) is 0 Å². The zero-order valence-corrected chi connectivity index (χ0v) is 8.74. The molecule has 0 aromatic carbocycles. The van der Waals surface area contributed by atoms with Gasteiger partial charge in [0, 0.05) is 6.54 Å². The molecule has 15 heavy (non-hydrogen) atoms. The van der Waals surface area contributed by atoms with Gasteiger partial charge in [0.2, 0.25) is 5.91 Å². The zero-order chi connectivity index (χ0) is 10.9. The maximum Gasteiger partial charge on any atom is 0.249 e. The SMILES string of the molecule is NCC1CCC(C(=O)NC2(CO)CC2)O1. The zero-order valence-electron chi connectivity index (χ0n) is 8.74. The van der Waals surface area contributed by atoms with Crippen LogP contribution in [0.5, 0.6) is 0 Å². The van der Waals surface area contributed by atoms with Gasteiger partial charge in [0.25, 0.3) is 0 Å². The number of amides is 1. The summed E-state index contributed by atoms with van der Waals surface area (Å²) in [6.45, 7) is 0.487. The summed E-state index contributed by atoms with van der Waals surface area (Å²) in [6.07, 6.45) is 2.95. The number of hydrogen-bond donors (Lipinski definition) is 3. The molecular formula is C10H18N2O3. The van der Waals surface area contributed by atoms with Gasteiger partial charge in [-0.05, 0) is 25.7 Å². The monoisotopic (exact) mass is 214 g/mol. The maximum atomic E-state index is 11.7. The normalized spacial score (nSPS) is 32.7. The Kier molecular flexibility index (Phi) is 2.95. The first-order valence-corrected chi connectivity index (χ1v) is 5.47. The molecule has 2 atom stereocenters. The summed E-state index contributed by atoms with van der Waals surface area (Å²) in [5.41, 5.74) is 5.12. The molecule has 1 aliphatic carbocycles. The number of ether oxygens (including phenoxy) is 1. The Labute approximate surface area is 89.0 Å². The maximum absolute atomic E-state index is 11.7. The molecule has 4 N–H and O–H groups in total. The highest BCUT2D eigenvalue weighted by molar-refractivity contribution is 5.82. The Morgan fingerprint density at radius 3 is 2.73 bits per heavy atom. The predicted octanol–water partition coefficient (Wildman–Crippen LogP) is -0.866. The summed E-state index contributed by atoms with van der Waals surface area (Å²) in [5, 5.41) is 11.9. The highest BCUT2D eigenvalue weighted by Crippen LogP contribution is 2.35. The van der Waals surface area contributed by atoms with Gasteiger partial charge in [0.15, 0.2) is 0 Å². The molecule has 1 aliphatic heterocycles. The van der Waals surface area contributed by atoms with Gasteiger partial charge in [0.05, 0.1) is 18.2 Å². The fourth-order valence-corrected chi connectivity index (χ4v) is 1.89. The second kappa shape index (κ2) is 4.08. The van der Waals surface area contributed by atoms with Gasteiger partial charge < -0.3 is 20.9 Å². The van der Waals surface area contributed by atoms with E-state index in [2.05, 4.69) is 5.32 Å². The van der Waals surface area contributed by atoms with Crippen molar-refractivity contribution in [3.8, 4) is 0 Å². The van der Waals surface area contributed by atoms with Crippen LogP contribution in [0, 0.1) is 0 Å². The quantitative estimate of drug-likeness (QED) is 0.568. The van der Waals surface area contributed by atoms with E-state index in [1.54, 1.807) is 0 Å². The van der Waals surface area contributed by atoms with Crippen LogP contribution in [0.3, 0.4) is 0 Å². The third kappa shape index (κ3) is 2.30. The topological polar surface area (TPSA) is 84.6 Å². The van der Waals surface area contributed by atoms with Crippen molar-refractivity contribution in [1.82, 2.24) is 5.32 Å². The summed E-state index contributed by atoms with van der Waals surface area (Å²) in [6, 6.07) is 0. The molecule has 86 valence electrons. The summed E-state index contributed by atoms with van der Waals surface area (Å²) in [4.78, 5) is 11.7. The molecule has 1 heterocycles. The summed E-state index contributed by atoms with van der Waals surface area (Å²) in [7, 11) is 0. The minimum Gasteiger partial charge on any atom is -0.394 e. The second-order valence-electron chi connectivity index (χ2n) is 4.49. The average molecular weight is 214 g/mol. The van der Waals surface area contributed by atoms with Crippen LogP contribution in [-0.4, -0.2) is 41.9 Å². The van der Waals surface area contributed by atoms with Crippen molar-refractivity contribution in [3.05, 3.63) is 0 Å². The molecule has 2 aliphatic rings. The van der Waals surface area contributed by atoms with Gasteiger partial charge in [-0.15, -0.1) is 0 Å². The Hall–Kier alpha value is -0.650. The minimum absolute atomic E-state index is 0.0185. The first kappa shape index (κ1) is 10.9. The van der Waals surface area contributed by atoms with Gasteiger partial charge in [-0.3, -0.25) is 4.79 Å². The van der Waals surface area contributed by atoms with Crippen LogP contribution in [0.1, 0.15) is 25.7 Å². The molecule has 0 bridgehead atoms. The summed E-state index contributed by atoms with van der Waals surface area (Å²) >= 11 is 0. The third-order valence-electron chi connectivity index (χ3n) is 3.21. The van der Waals surface area contributed by atoms with E-state index >= 15 is 0 Å². The van der Waals surface area contributed by atoms with Crippen molar-refractivity contribution < 1.29 is 14.6 Å². The van der Waals surface area contributed by atoms with E-state index in [0.29, 0.717) is 6.54 Å². The van der Waals surface area contributed by atoms with Crippen LogP contribution in [-0.2, 0) is 9.53 Å². The fraction of sp³-hybridized carbons (Fsp3) is 0.900. The lowest BCUT2D eigenvalue weighted by molar-refractivity contribution is -0.133. The number of aliphatic hydroxyl groups excluding tert-OH is 1. The van der Waals surface area contributed by atoms with E-state index in [0.717, 1.165) is 25.7 Å². The molecule has 0 aromatic rings. The van der Waals surface area contributed by atoms with Crippen LogP contribution in [0.2, 0.25) is 0 Å². The van der Waals surface area contributed by atoms with Crippen LogP contribution >= 0.6 is 0 Å². The smallest absolute Gasteiger partial charge is 0.249 e. The molecule has 1 saturated heterocycles. The van der Waals surface area contributed by atoms with Crippen molar-refractivity contribution in [3.63, 3.8) is 0 Å². The molecule has 2 fully saturated rings.